The van der Waals surface area contributed by atoms with Gasteiger partial charge < -0.3 is 14.9 Å². The molecule has 0 bridgehead atoms. The van der Waals surface area contributed by atoms with E-state index in [1.807, 2.05) is 6.92 Å². The molecular weight excluding hydrogens is 156 g/mol. The first-order chi connectivity index (χ1) is 5.70. The molecule has 0 fully saturated rings. The lowest BCUT2D eigenvalue weighted by Crippen LogP contribution is -2.22. The second-order valence-corrected chi connectivity index (χ2v) is 3.12. The van der Waals surface area contributed by atoms with Crippen LogP contribution in [0.4, 0.5) is 0 Å². The predicted octanol–water partition coefficient (Wildman–Crippen LogP) is 0.935. The van der Waals surface area contributed by atoms with Crippen LogP contribution in [0.15, 0.2) is 0 Å². The summed E-state index contributed by atoms with van der Waals surface area (Å²) in [5, 5.41) is 17.5. The Morgan fingerprint density at radius 1 is 1.42 bits per heavy atom. The van der Waals surface area contributed by atoms with Crippen molar-refractivity contribution >= 4 is 0 Å². The zero-order chi connectivity index (χ0) is 9.40. The summed E-state index contributed by atoms with van der Waals surface area (Å²) in [7, 11) is 0. The van der Waals surface area contributed by atoms with E-state index >= 15 is 0 Å². The summed E-state index contributed by atoms with van der Waals surface area (Å²) in [6.45, 7) is 4.14. The molecule has 2 unspecified atom stereocenters. The molecule has 0 aliphatic carbocycles. The Morgan fingerprint density at radius 2 is 2.08 bits per heavy atom. The molecule has 0 saturated heterocycles. The largest absolute Gasteiger partial charge is 0.394 e. The van der Waals surface area contributed by atoms with Crippen LogP contribution in [0.3, 0.4) is 0 Å². The summed E-state index contributed by atoms with van der Waals surface area (Å²) >= 11 is 0. The summed E-state index contributed by atoms with van der Waals surface area (Å²) in [5.74, 6) is 0. The van der Waals surface area contributed by atoms with Gasteiger partial charge in [-0.1, -0.05) is 19.8 Å². The number of hydrogen-bond donors (Lipinski definition) is 2. The van der Waals surface area contributed by atoms with E-state index in [0.717, 1.165) is 19.3 Å². The number of hydrogen-bond acceptors (Lipinski definition) is 3. The minimum Gasteiger partial charge on any atom is -0.394 e. The Morgan fingerprint density at radius 3 is 2.58 bits per heavy atom. The van der Waals surface area contributed by atoms with Crippen LogP contribution in [0.25, 0.3) is 0 Å². The Balaban J connectivity index is 3.24. The predicted molar refractivity (Wildman–Crippen MR) is 48.0 cm³/mol. The second kappa shape index (κ2) is 7.53. The fourth-order valence-electron chi connectivity index (χ4n) is 0.903. The third-order valence-corrected chi connectivity index (χ3v) is 1.75. The Labute approximate surface area is 74.4 Å². The van der Waals surface area contributed by atoms with Gasteiger partial charge >= 0.3 is 0 Å². The molecule has 0 spiro atoms. The average molecular weight is 176 g/mol. The van der Waals surface area contributed by atoms with Gasteiger partial charge in [-0.05, 0) is 13.3 Å². The van der Waals surface area contributed by atoms with Crippen LogP contribution in [0.5, 0.6) is 0 Å². The highest BCUT2D eigenvalue weighted by Crippen LogP contribution is 2.03. The minimum atomic E-state index is -0.728. The lowest BCUT2D eigenvalue weighted by Gasteiger charge is -2.14. The normalized spacial score (nSPS) is 16.0. The van der Waals surface area contributed by atoms with Gasteiger partial charge in [-0.2, -0.15) is 0 Å². The van der Waals surface area contributed by atoms with Crippen LogP contribution in [-0.4, -0.2) is 35.6 Å². The van der Waals surface area contributed by atoms with E-state index in [1.54, 1.807) is 0 Å². The highest BCUT2D eigenvalue weighted by Gasteiger charge is 2.05. The molecule has 0 aliphatic rings. The van der Waals surface area contributed by atoms with Crippen molar-refractivity contribution in [3.8, 4) is 0 Å². The molecule has 0 amide bonds. The van der Waals surface area contributed by atoms with E-state index in [9.17, 15) is 0 Å². The summed E-state index contributed by atoms with van der Waals surface area (Å²) in [6.07, 6.45) is 2.79. The maximum Gasteiger partial charge on any atom is 0.100 e. The smallest absolute Gasteiger partial charge is 0.100 e. The van der Waals surface area contributed by atoms with Crippen LogP contribution >= 0.6 is 0 Å². The highest BCUT2D eigenvalue weighted by atomic mass is 16.5. The number of ether oxygens (including phenoxy) is 1. The molecule has 3 nitrogen and oxygen atoms in total. The molecule has 0 saturated carbocycles. The van der Waals surface area contributed by atoms with Gasteiger partial charge in [0.25, 0.3) is 0 Å². The SMILES string of the molecule is CCCCC(C)OCC(O)CO. The number of aliphatic hydroxyl groups excluding tert-OH is 2. The highest BCUT2D eigenvalue weighted by molar-refractivity contribution is 4.54. The van der Waals surface area contributed by atoms with Crippen molar-refractivity contribution in [2.24, 2.45) is 0 Å². The van der Waals surface area contributed by atoms with E-state index in [-0.39, 0.29) is 19.3 Å². The topological polar surface area (TPSA) is 49.7 Å². The number of unbranched alkanes of at least 4 members (excludes halogenated alkanes) is 1. The summed E-state index contributed by atoms with van der Waals surface area (Å²) in [5.41, 5.74) is 0. The molecule has 2 atom stereocenters. The zero-order valence-electron chi connectivity index (χ0n) is 7.99. The molecule has 0 aromatic rings. The van der Waals surface area contributed by atoms with E-state index in [0.29, 0.717) is 0 Å². The second-order valence-electron chi connectivity index (χ2n) is 3.12. The Kier molecular flexibility index (Phi) is 7.45. The van der Waals surface area contributed by atoms with E-state index in [4.69, 9.17) is 14.9 Å². The van der Waals surface area contributed by atoms with Crippen molar-refractivity contribution in [2.45, 2.75) is 45.3 Å². The minimum absolute atomic E-state index is 0.186. The van der Waals surface area contributed by atoms with Gasteiger partial charge in [-0.25, -0.2) is 0 Å². The number of rotatable bonds is 7. The van der Waals surface area contributed by atoms with Crippen LogP contribution < -0.4 is 0 Å². The maximum atomic E-state index is 8.96. The molecule has 0 aliphatic heterocycles. The molecule has 12 heavy (non-hydrogen) atoms. The third-order valence-electron chi connectivity index (χ3n) is 1.75. The molecule has 74 valence electrons. The molecule has 0 aromatic heterocycles. The van der Waals surface area contributed by atoms with Crippen LogP contribution in [0.2, 0.25) is 0 Å². The standard InChI is InChI=1S/C9H20O3/c1-3-4-5-8(2)12-7-9(11)6-10/h8-11H,3-7H2,1-2H3. The van der Waals surface area contributed by atoms with Crippen LogP contribution in [0, 0.1) is 0 Å². The third kappa shape index (κ3) is 6.58. The van der Waals surface area contributed by atoms with Crippen LogP contribution in [0.1, 0.15) is 33.1 Å². The first-order valence-electron chi connectivity index (χ1n) is 4.61. The van der Waals surface area contributed by atoms with Crippen molar-refractivity contribution in [3.05, 3.63) is 0 Å². The van der Waals surface area contributed by atoms with Crippen molar-refractivity contribution in [2.75, 3.05) is 13.2 Å². The summed E-state index contributed by atoms with van der Waals surface area (Å²) in [4.78, 5) is 0. The average Bonchev–Trinajstić information content (AvgIpc) is 2.10. The van der Waals surface area contributed by atoms with Gasteiger partial charge in [-0.3, -0.25) is 0 Å². The van der Waals surface area contributed by atoms with Gasteiger partial charge in [0.1, 0.15) is 6.10 Å². The number of aliphatic hydroxyl groups is 2. The van der Waals surface area contributed by atoms with E-state index < -0.39 is 6.10 Å². The van der Waals surface area contributed by atoms with Gasteiger partial charge in [0.2, 0.25) is 0 Å². The first kappa shape index (κ1) is 11.9. The van der Waals surface area contributed by atoms with Gasteiger partial charge in [0, 0.05) is 0 Å². The fourth-order valence-corrected chi connectivity index (χ4v) is 0.903. The molecule has 0 heterocycles. The molecule has 3 heteroatoms. The Bertz CT molecular complexity index is 95.8. The molecule has 0 radical (unpaired) electrons. The maximum absolute atomic E-state index is 8.96. The monoisotopic (exact) mass is 176 g/mol. The Hall–Kier alpha value is -0.120. The van der Waals surface area contributed by atoms with Gasteiger partial charge in [0.05, 0.1) is 19.3 Å². The molecule has 0 aromatic carbocycles. The zero-order valence-corrected chi connectivity index (χ0v) is 7.99. The molecule has 2 N–H and O–H groups in total. The van der Waals surface area contributed by atoms with E-state index in [2.05, 4.69) is 6.92 Å². The van der Waals surface area contributed by atoms with Crippen molar-refractivity contribution in [1.29, 1.82) is 0 Å². The van der Waals surface area contributed by atoms with Crippen LogP contribution in [-0.2, 0) is 4.74 Å². The lowest BCUT2D eigenvalue weighted by molar-refractivity contribution is -0.0253. The summed E-state index contributed by atoms with van der Waals surface area (Å²) in [6, 6.07) is 0. The lowest BCUT2D eigenvalue weighted by atomic mass is 10.2. The van der Waals surface area contributed by atoms with Crippen molar-refractivity contribution in [3.63, 3.8) is 0 Å². The van der Waals surface area contributed by atoms with Gasteiger partial charge in [-0.15, -0.1) is 0 Å². The molecular formula is C9H20O3. The van der Waals surface area contributed by atoms with E-state index in [1.165, 1.54) is 0 Å². The molecule has 0 rings (SSSR count). The quantitative estimate of drug-likeness (QED) is 0.607. The summed E-state index contributed by atoms with van der Waals surface area (Å²) < 4.78 is 5.29. The fraction of sp³-hybridized carbons (Fsp3) is 1.00. The van der Waals surface area contributed by atoms with Gasteiger partial charge in [0.15, 0.2) is 0 Å². The van der Waals surface area contributed by atoms with Crippen molar-refractivity contribution < 1.29 is 14.9 Å². The van der Waals surface area contributed by atoms with Crippen molar-refractivity contribution in [1.82, 2.24) is 0 Å². The first-order valence-corrected chi connectivity index (χ1v) is 4.61.